The van der Waals surface area contributed by atoms with E-state index in [0.29, 0.717) is 13.1 Å². The Morgan fingerprint density at radius 1 is 1.38 bits per heavy atom. The lowest BCUT2D eigenvalue weighted by Gasteiger charge is -2.23. The van der Waals surface area contributed by atoms with Gasteiger partial charge in [-0.2, -0.15) is 0 Å². The van der Waals surface area contributed by atoms with Gasteiger partial charge in [0.25, 0.3) is 0 Å². The SMILES string of the molecule is CC1CC(CN)CN1C(=O)CC(C)S(=O)(=O)c1ccc(F)cc1.Cl. The zero-order valence-corrected chi connectivity index (χ0v) is 15.4. The molecule has 2 rings (SSSR count). The van der Waals surface area contributed by atoms with Crippen molar-refractivity contribution < 1.29 is 17.6 Å². The number of nitrogens with zero attached hydrogens (tertiary/aromatic N) is 1. The summed E-state index contributed by atoms with van der Waals surface area (Å²) >= 11 is 0. The van der Waals surface area contributed by atoms with E-state index in [0.717, 1.165) is 18.6 Å². The van der Waals surface area contributed by atoms with Crippen molar-refractivity contribution in [2.75, 3.05) is 13.1 Å². The molecule has 1 aliphatic heterocycles. The first kappa shape index (κ1) is 20.9. The average Bonchev–Trinajstić information content (AvgIpc) is 2.88. The number of hydrogen-bond acceptors (Lipinski definition) is 4. The molecule has 0 bridgehead atoms. The van der Waals surface area contributed by atoms with E-state index >= 15 is 0 Å². The number of nitrogens with two attached hydrogens (primary N) is 1. The molecule has 24 heavy (non-hydrogen) atoms. The summed E-state index contributed by atoms with van der Waals surface area (Å²) in [7, 11) is -3.66. The van der Waals surface area contributed by atoms with Gasteiger partial charge in [-0.1, -0.05) is 0 Å². The van der Waals surface area contributed by atoms with Crippen molar-refractivity contribution >= 4 is 28.2 Å². The van der Waals surface area contributed by atoms with Crippen molar-refractivity contribution in [2.24, 2.45) is 11.7 Å². The van der Waals surface area contributed by atoms with Crippen molar-refractivity contribution in [2.45, 2.75) is 42.9 Å². The molecule has 2 N–H and O–H groups in total. The van der Waals surface area contributed by atoms with Gasteiger partial charge in [-0.05, 0) is 57.0 Å². The molecule has 0 radical (unpaired) electrons. The Bertz CT molecular complexity index is 666. The van der Waals surface area contributed by atoms with Gasteiger partial charge in [-0.15, -0.1) is 12.4 Å². The zero-order valence-electron chi connectivity index (χ0n) is 13.8. The number of sulfone groups is 1. The van der Waals surface area contributed by atoms with Gasteiger partial charge < -0.3 is 10.6 Å². The zero-order chi connectivity index (χ0) is 17.2. The summed E-state index contributed by atoms with van der Waals surface area (Å²) in [5, 5.41) is -0.857. The molecular weight excluding hydrogens is 355 g/mol. The fraction of sp³-hybridized carbons (Fsp3) is 0.562. The van der Waals surface area contributed by atoms with Gasteiger partial charge in [0, 0.05) is 19.0 Å². The maximum atomic E-state index is 12.9. The van der Waals surface area contributed by atoms with Crippen LogP contribution in [0.15, 0.2) is 29.2 Å². The lowest BCUT2D eigenvalue weighted by molar-refractivity contribution is -0.131. The van der Waals surface area contributed by atoms with Crippen LogP contribution in [0.2, 0.25) is 0 Å². The first-order valence-electron chi connectivity index (χ1n) is 7.74. The van der Waals surface area contributed by atoms with E-state index in [1.165, 1.54) is 19.1 Å². The molecule has 3 atom stereocenters. The van der Waals surface area contributed by atoms with Crippen molar-refractivity contribution in [3.63, 3.8) is 0 Å². The number of benzene rings is 1. The first-order chi connectivity index (χ1) is 10.8. The summed E-state index contributed by atoms with van der Waals surface area (Å²) in [5.41, 5.74) is 5.65. The number of hydrogen-bond donors (Lipinski definition) is 1. The second-order valence-corrected chi connectivity index (χ2v) is 8.61. The van der Waals surface area contributed by atoms with Crippen LogP contribution in [-0.2, 0) is 14.6 Å². The van der Waals surface area contributed by atoms with E-state index in [-0.39, 0.29) is 41.6 Å². The third-order valence-electron chi connectivity index (χ3n) is 4.45. The molecule has 1 aliphatic rings. The van der Waals surface area contributed by atoms with Gasteiger partial charge in [0.05, 0.1) is 10.1 Å². The Morgan fingerprint density at radius 2 is 1.96 bits per heavy atom. The van der Waals surface area contributed by atoms with Crippen LogP contribution in [0.3, 0.4) is 0 Å². The molecule has 5 nitrogen and oxygen atoms in total. The molecule has 0 aliphatic carbocycles. The van der Waals surface area contributed by atoms with E-state index in [4.69, 9.17) is 5.73 Å². The standard InChI is InChI=1S/C16H23FN2O3S.ClH/c1-11-7-13(9-18)10-19(11)16(20)8-12(2)23(21,22)15-5-3-14(17)4-6-15;/h3-6,11-13H,7-10,18H2,1-2H3;1H. The topological polar surface area (TPSA) is 80.5 Å². The minimum atomic E-state index is -3.66. The van der Waals surface area contributed by atoms with E-state index in [1.807, 2.05) is 6.92 Å². The second-order valence-electron chi connectivity index (χ2n) is 6.25. The largest absolute Gasteiger partial charge is 0.340 e. The van der Waals surface area contributed by atoms with Crippen LogP contribution >= 0.6 is 12.4 Å². The third-order valence-corrected chi connectivity index (χ3v) is 6.60. The quantitative estimate of drug-likeness (QED) is 0.794. The molecule has 0 spiro atoms. The summed E-state index contributed by atoms with van der Waals surface area (Å²) < 4.78 is 37.9. The molecule has 8 heteroatoms. The fourth-order valence-electron chi connectivity index (χ4n) is 2.99. The average molecular weight is 379 g/mol. The van der Waals surface area contributed by atoms with Crippen molar-refractivity contribution in [1.82, 2.24) is 4.90 Å². The smallest absolute Gasteiger partial charge is 0.224 e. The van der Waals surface area contributed by atoms with Crippen LogP contribution in [0.1, 0.15) is 26.7 Å². The Morgan fingerprint density at radius 3 is 2.46 bits per heavy atom. The van der Waals surface area contributed by atoms with E-state index in [2.05, 4.69) is 0 Å². The summed E-state index contributed by atoms with van der Waals surface area (Å²) in [6.45, 7) is 4.57. The summed E-state index contributed by atoms with van der Waals surface area (Å²) in [6.07, 6.45) is 0.767. The maximum Gasteiger partial charge on any atom is 0.224 e. The number of halogens is 2. The Hall–Kier alpha value is -1.18. The number of carbonyl (C=O) groups excluding carboxylic acids is 1. The predicted molar refractivity (Wildman–Crippen MR) is 93.2 cm³/mol. The van der Waals surface area contributed by atoms with Crippen LogP contribution in [-0.4, -0.2) is 43.6 Å². The summed E-state index contributed by atoms with van der Waals surface area (Å²) in [4.78, 5) is 14.2. The molecule has 0 aromatic heterocycles. The summed E-state index contributed by atoms with van der Waals surface area (Å²) in [5.74, 6) is -0.393. The monoisotopic (exact) mass is 378 g/mol. The first-order valence-corrected chi connectivity index (χ1v) is 9.29. The Labute approximate surface area is 148 Å². The lowest BCUT2D eigenvalue weighted by atomic mass is 10.1. The molecule has 136 valence electrons. The lowest BCUT2D eigenvalue weighted by Crippen LogP contribution is -2.37. The predicted octanol–water partition coefficient (Wildman–Crippen LogP) is 2.00. The highest BCUT2D eigenvalue weighted by molar-refractivity contribution is 7.92. The van der Waals surface area contributed by atoms with Crippen molar-refractivity contribution in [1.29, 1.82) is 0 Å². The second kappa shape index (κ2) is 8.27. The minimum Gasteiger partial charge on any atom is -0.340 e. The van der Waals surface area contributed by atoms with Gasteiger partial charge in [0.2, 0.25) is 5.91 Å². The maximum absolute atomic E-state index is 12.9. The molecule has 1 heterocycles. The normalized spacial score (nSPS) is 22.1. The third kappa shape index (κ3) is 4.46. The van der Waals surface area contributed by atoms with E-state index in [1.54, 1.807) is 4.90 Å². The van der Waals surface area contributed by atoms with Crippen LogP contribution in [0.25, 0.3) is 0 Å². The van der Waals surface area contributed by atoms with Gasteiger partial charge in [0.15, 0.2) is 9.84 Å². The van der Waals surface area contributed by atoms with E-state index in [9.17, 15) is 17.6 Å². The van der Waals surface area contributed by atoms with Gasteiger partial charge in [-0.25, -0.2) is 12.8 Å². The highest BCUT2D eigenvalue weighted by Crippen LogP contribution is 2.25. The molecule has 0 saturated carbocycles. The number of likely N-dealkylation sites (tertiary alicyclic amines) is 1. The fourth-order valence-corrected chi connectivity index (χ4v) is 4.33. The van der Waals surface area contributed by atoms with Crippen LogP contribution in [0.4, 0.5) is 4.39 Å². The number of amides is 1. The van der Waals surface area contributed by atoms with Gasteiger partial charge in [0.1, 0.15) is 5.82 Å². The van der Waals surface area contributed by atoms with Gasteiger partial charge >= 0.3 is 0 Å². The number of carbonyl (C=O) groups is 1. The number of rotatable bonds is 5. The molecule has 1 saturated heterocycles. The molecule has 1 fully saturated rings. The molecule has 1 aromatic carbocycles. The van der Waals surface area contributed by atoms with Crippen LogP contribution in [0, 0.1) is 11.7 Å². The molecule has 3 unspecified atom stereocenters. The highest BCUT2D eigenvalue weighted by atomic mass is 35.5. The van der Waals surface area contributed by atoms with E-state index < -0.39 is 20.9 Å². The molecule has 1 amide bonds. The van der Waals surface area contributed by atoms with Gasteiger partial charge in [-0.3, -0.25) is 4.79 Å². The molecule has 1 aromatic rings. The minimum absolute atomic E-state index is 0. The van der Waals surface area contributed by atoms with Crippen molar-refractivity contribution in [3.05, 3.63) is 30.1 Å². The Balaban J connectivity index is 0.00000288. The van der Waals surface area contributed by atoms with Crippen molar-refractivity contribution in [3.8, 4) is 0 Å². The van der Waals surface area contributed by atoms with Crippen LogP contribution in [0.5, 0.6) is 0 Å². The van der Waals surface area contributed by atoms with Crippen LogP contribution < -0.4 is 5.73 Å². The Kier molecular flexibility index (Phi) is 7.19. The highest BCUT2D eigenvalue weighted by Gasteiger charge is 2.34. The molecular formula is C16H24ClFN2O3S. The summed E-state index contributed by atoms with van der Waals surface area (Å²) in [6, 6.07) is 4.76.